The quantitative estimate of drug-likeness (QED) is 0.834. The second kappa shape index (κ2) is 5.13. The van der Waals surface area contributed by atoms with Crippen LogP contribution in [0.5, 0.6) is 0 Å². The molecule has 0 radical (unpaired) electrons. The molecule has 1 aliphatic rings. The Balaban J connectivity index is 1.84. The smallest absolute Gasteiger partial charge is 0.257 e. The van der Waals surface area contributed by atoms with Crippen molar-refractivity contribution < 1.29 is 4.79 Å². The van der Waals surface area contributed by atoms with Gasteiger partial charge in [0.2, 0.25) is 0 Å². The van der Waals surface area contributed by atoms with Crippen LogP contribution in [0.4, 0.5) is 11.4 Å². The third kappa shape index (κ3) is 2.47. The summed E-state index contributed by atoms with van der Waals surface area (Å²) in [4.78, 5) is 16.0. The second-order valence-corrected chi connectivity index (χ2v) is 5.27. The maximum Gasteiger partial charge on any atom is 0.257 e. The largest absolute Gasteiger partial charge is 0.397 e. The van der Waals surface area contributed by atoms with Crippen molar-refractivity contribution in [1.82, 2.24) is 4.98 Å². The summed E-state index contributed by atoms with van der Waals surface area (Å²) in [5, 5.41) is 3.10. The number of hydrogen-bond acceptors (Lipinski definition) is 3. The van der Waals surface area contributed by atoms with Gasteiger partial charge < -0.3 is 11.1 Å². The molecule has 0 unspecified atom stereocenters. The average molecular weight is 288 g/mol. The van der Waals surface area contributed by atoms with E-state index in [1.807, 2.05) is 12.1 Å². The Hall–Kier alpha value is -2.07. The Kier molecular flexibility index (Phi) is 3.32. The van der Waals surface area contributed by atoms with Crippen molar-refractivity contribution in [2.45, 2.75) is 19.3 Å². The molecule has 2 aromatic rings. The number of halogens is 1. The summed E-state index contributed by atoms with van der Waals surface area (Å²) in [5.74, 6) is -0.273. The molecule has 0 aliphatic heterocycles. The molecule has 102 valence electrons. The van der Waals surface area contributed by atoms with Gasteiger partial charge >= 0.3 is 0 Å². The van der Waals surface area contributed by atoms with Crippen molar-refractivity contribution in [1.29, 1.82) is 0 Å². The number of nitrogens with one attached hydrogen (secondary N) is 1. The molecule has 1 aromatic carbocycles. The Morgan fingerprint density at radius 2 is 2.05 bits per heavy atom. The summed E-state index contributed by atoms with van der Waals surface area (Å²) >= 11 is 5.79. The number of amides is 1. The zero-order valence-corrected chi connectivity index (χ0v) is 11.6. The molecule has 20 heavy (non-hydrogen) atoms. The molecule has 1 aromatic heterocycles. The van der Waals surface area contributed by atoms with Crippen LogP contribution in [-0.4, -0.2) is 10.9 Å². The van der Waals surface area contributed by atoms with Gasteiger partial charge in [-0.3, -0.25) is 4.79 Å². The predicted octanol–water partition coefficient (Wildman–Crippen LogP) is 3.06. The standard InChI is InChI=1S/C15H14ClN3O/c16-14-7-12(13(17)8-18-14)15(20)19-11-5-4-9-2-1-3-10(9)6-11/h4-8H,1-3,17H2,(H,19,20). The normalized spacial score (nSPS) is 13.1. The van der Waals surface area contributed by atoms with Crippen molar-refractivity contribution in [2.24, 2.45) is 0 Å². The van der Waals surface area contributed by atoms with E-state index < -0.39 is 0 Å². The fraction of sp³-hybridized carbons (Fsp3) is 0.200. The molecule has 1 amide bonds. The Morgan fingerprint density at radius 1 is 1.25 bits per heavy atom. The van der Waals surface area contributed by atoms with Crippen molar-refractivity contribution in [3.63, 3.8) is 0 Å². The van der Waals surface area contributed by atoms with Gasteiger partial charge in [0.05, 0.1) is 17.4 Å². The van der Waals surface area contributed by atoms with Crippen LogP contribution in [0, 0.1) is 0 Å². The van der Waals surface area contributed by atoms with E-state index in [-0.39, 0.29) is 11.1 Å². The highest BCUT2D eigenvalue weighted by Crippen LogP contribution is 2.25. The minimum Gasteiger partial charge on any atom is -0.397 e. The SMILES string of the molecule is Nc1cnc(Cl)cc1C(=O)Nc1ccc2c(c1)CCC2. The van der Waals surface area contributed by atoms with E-state index in [4.69, 9.17) is 17.3 Å². The molecule has 3 N–H and O–H groups in total. The van der Waals surface area contributed by atoms with Crippen molar-refractivity contribution in [2.75, 3.05) is 11.1 Å². The first-order chi connectivity index (χ1) is 9.63. The van der Waals surface area contributed by atoms with Crippen LogP contribution in [0.25, 0.3) is 0 Å². The Morgan fingerprint density at radius 3 is 2.90 bits per heavy atom. The molecule has 1 aliphatic carbocycles. The topological polar surface area (TPSA) is 68.0 Å². The number of nitrogen functional groups attached to an aromatic ring is 1. The fourth-order valence-electron chi connectivity index (χ4n) is 2.49. The number of aryl methyl sites for hydroxylation is 2. The molecule has 3 rings (SSSR count). The third-order valence-electron chi connectivity index (χ3n) is 3.50. The molecule has 1 heterocycles. The molecular weight excluding hydrogens is 274 g/mol. The maximum atomic E-state index is 12.2. The van der Waals surface area contributed by atoms with Crippen LogP contribution in [-0.2, 0) is 12.8 Å². The minimum atomic E-state index is -0.273. The highest BCUT2D eigenvalue weighted by molar-refractivity contribution is 6.30. The van der Waals surface area contributed by atoms with E-state index in [2.05, 4.69) is 16.4 Å². The van der Waals surface area contributed by atoms with Crippen molar-refractivity contribution >= 4 is 28.9 Å². The van der Waals surface area contributed by atoms with Crippen LogP contribution in [0.3, 0.4) is 0 Å². The Labute approximate surface area is 122 Å². The van der Waals surface area contributed by atoms with Gasteiger partial charge in [-0.1, -0.05) is 17.7 Å². The predicted molar refractivity (Wildman–Crippen MR) is 80.1 cm³/mol. The zero-order chi connectivity index (χ0) is 14.1. The first kappa shape index (κ1) is 12.9. The van der Waals surface area contributed by atoms with Crippen LogP contribution >= 0.6 is 11.6 Å². The number of hydrogen-bond donors (Lipinski definition) is 2. The van der Waals surface area contributed by atoms with Gasteiger partial charge in [-0.05, 0) is 48.6 Å². The average Bonchev–Trinajstić information content (AvgIpc) is 2.89. The van der Waals surface area contributed by atoms with Crippen molar-refractivity contribution in [3.05, 3.63) is 52.3 Å². The number of nitrogens with zero attached hydrogens (tertiary/aromatic N) is 1. The fourth-order valence-corrected chi connectivity index (χ4v) is 2.64. The summed E-state index contributed by atoms with van der Waals surface area (Å²) in [7, 11) is 0. The first-order valence-corrected chi connectivity index (χ1v) is 6.85. The summed E-state index contributed by atoms with van der Waals surface area (Å²) in [5.41, 5.74) is 9.86. The van der Waals surface area contributed by atoms with Gasteiger partial charge in [-0.25, -0.2) is 4.98 Å². The van der Waals surface area contributed by atoms with E-state index in [1.54, 1.807) is 0 Å². The van der Waals surface area contributed by atoms with E-state index in [0.717, 1.165) is 18.5 Å². The molecule has 0 fully saturated rings. The lowest BCUT2D eigenvalue weighted by molar-refractivity contribution is 0.102. The number of fused-ring (bicyclic) bond motifs is 1. The number of benzene rings is 1. The first-order valence-electron chi connectivity index (χ1n) is 6.47. The van der Waals surface area contributed by atoms with Crippen molar-refractivity contribution in [3.8, 4) is 0 Å². The van der Waals surface area contributed by atoms with E-state index in [1.165, 1.54) is 29.8 Å². The number of aromatic nitrogens is 1. The van der Waals surface area contributed by atoms with E-state index in [9.17, 15) is 4.79 Å². The molecule has 5 heteroatoms. The van der Waals surface area contributed by atoms with Gasteiger partial charge in [-0.15, -0.1) is 0 Å². The molecule has 0 saturated heterocycles. The summed E-state index contributed by atoms with van der Waals surface area (Å²) in [6.45, 7) is 0. The van der Waals surface area contributed by atoms with Gasteiger partial charge in [0, 0.05) is 5.69 Å². The number of carbonyl (C=O) groups excluding carboxylic acids is 1. The van der Waals surface area contributed by atoms with E-state index >= 15 is 0 Å². The van der Waals surface area contributed by atoms with Crippen LogP contribution < -0.4 is 11.1 Å². The Bertz CT molecular complexity index is 685. The minimum absolute atomic E-state index is 0.248. The highest BCUT2D eigenvalue weighted by atomic mass is 35.5. The lowest BCUT2D eigenvalue weighted by Crippen LogP contribution is -2.14. The molecule has 0 atom stereocenters. The molecule has 0 spiro atoms. The zero-order valence-electron chi connectivity index (χ0n) is 10.8. The number of carbonyl (C=O) groups is 1. The molecule has 0 saturated carbocycles. The van der Waals surface area contributed by atoms with Crippen LogP contribution in [0.2, 0.25) is 5.15 Å². The number of pyridine rings is 1. The van der Waals surface area contributed by atoms with E-state index in [0.29, 0.717) is 11.3 Å². The maximum absolute atomic E-state index is 12.2. The number of rotatable bonds is 2. The molecule has 0 bridgehead atoms. The van der Waals surface area contributed by atoms with Gasteiger partial charge in [0.15, 0.2) is 0 Å². The van der Waals surface area contributed by atoms with Crippen LogP contribution in [0.15, 0.2) is 30.5 Å². The van der Waals surface area contributed by atoms with Crippen LogP contribution in [0.1, 0.15) is 27.9 Å². The monoisotopic (exact) mass is 287 g/mol. The van der Waals surface area contributed by atoms with Gasteiger partial charge in [0.1, 0.15) is 5.15 Å². The summed E-state index contributed by atoms with van der Waals surface area (Å²) in [6.07, 6.45) is 4.76. The molecule has 4 nitrogen and oxygen atoms in total. The van der Waals surface area contributed by atoms with Gasteiger partial charge in [0.25, 0.3) is 5.91 Å². The lowest BCUT2D eigenvalue weighted by Gasteiger charge is -2.09. The number of anilines is 2. The summed E-state index contributed by atoms with van der Waals surface area (Å²) in [6, 6.07) is 7.49. The lowest BCUT2D eigenvalue weighted by atomic mass is 10.1. The second-order valence-electron chi connectivity index (χ2n) is 4.89. The van der Waals surface area contributed by atoms with Gasteiger partial charge in [-0.2, -0.15) is 0 Å². The summed E-state index contributed by atoms with van der Waals surface area (Å²) < 4.78 is 0. The number of nitrogens with two attached hydrogens (primary N) is 1. The third-order valence-corrected chi connectivity index (χ3v) is 3.71. The highest BCUT2D eigenvalue weighted by Gasteiger charge is 2.14. The molecular formula is C15H14ClN3O.